The Bertz CT molecular complexity index is 1140. The van der Waals surface area contributed by atoms with Crippen LogP contribution in [0.2, 0.25) is 0 Å². The molecule has 4 atom stereocenters. The molecule has 1 N–H and O–H groups in total. The van der Waals surface area contributed by atoms with Gasteiger partial charge in [-0.2, -0.15) is 0 Å². The molecule has 0 unspecified atom stereocenters. The maximum atomic E-state index is 13.4. The lowest BCUT2D eigenvalue weighted by atomic mass is 9.70. The summed E-state index contributed by atoms with van der Waals surface area (Å²) in [5.74, 6) is 0.471. The molecule has 5 rings (SSSR count). The first-order valence-corrected chi connectivity index (χ1v) is 12.1. The molecule has 3 aliphatic rings. The summed E-state index contributed by atoms with van der Waals surface area (Å²) in [5, 5.41) is 9.22. The van der Waals surface area contributed by atoms with Crippen LogP contribution in [0.5, 0.6) is 0 Å². The van der Waals surface area contributed by atoms with Gasteiger partial charge in [0.2, 0.25) is 11.8 Å². The summed E-state index contributed by atoms with van der Waals surface area (Å²) in [7, 11) is 0. The summed E-state index contributed by atoms with van der Waals surface area (Å²) in [4.78, 5) is 28.1. The van der Waals surface area contributed by atoms with Gasteiger partial charge in [0, 0.05) is 5.92 Å². The van der Waals surface area contributed by atoms with E-state index in [4.69, 9.17) is 9.15 Å². The van der Waals surface area contributed by atoms with E-state index in [1.165, 1.54) is 21.6 Å². The van der Waals surface area contributed by atoms with Crippen LogP contribution in [0.1, 0.15) is 51.1 Å². The highest BCUT2D eigenvalue weighted by atomic mass is 16.5. The fourth-order valence-corrected chi connectivity index (χ4v) is 5.89. The van der Waals surface area contributed by atoms with Crippen LogP contribution in [0.15, 0.2) is 63.6 Å². The van der Waals surface area contributed by atoms with Crippen molar-refractivity contribution in [3.05, 3.63) is 70.7 Å². The van der Waals surface area contributed by atoms with Crippen LogP contribution in [-0.2, 0) is 20.9 Å². The zero-order chi connectivity index (χ0) is 23.8. The minimum Gasteiger partial charge on any atom is -0.459 e. The van der Waals surface area contributed by atoms with E-state index < -0.39 is 0 Å². The monoisotopic (exact) mass is 461 g/mol. The number of benzene rings is 1. The van der Waals surface area contributed by atoms with E-state index in [2.05, 4.69) is 13.8 Å². The number of nitrogens with zero attached hydrogens (tertiary/aromatic N) is 1. The maximum Gasteiger partial charge on any atom is 0.238 e. The van der Waals surface area contributed by atoms with Gasteiger partial charge >= 0.3 is 0 Å². The first kappa shape index (κ1) is 22.8. The van der Waals surface area contributed by atoms with Crippen molar-refractivity contribution in [1.29, 1.82) is 0 Å². The third-order valence-corrected chi connectivity index (χ3v) is 7.53. The van der Waals surface area contributed by atoms with Gasteiger partial charge < -0.3 is 14.3 Å². The van der Waals surface area contributed by atoms with Crippen LogP contribution in [0, 0.1) is 17.8 Å². The summed E-state index contributed by atoms with van der Waals surface area (Å²) in [6.45, 7) is 4.60. The predicted molar refractivity (Wildman–Crippen MR) is 129 cm³/mol. The van der Waals surface area contributed by atoms with Crippen molar-refractivity contribution in [3.63, 3.8) is 0 Å². The lowest BCUT2D eigenvalue weighted by Crippen LogP contribution is -2.34. The number of aliphatic hydroxyl groups is 1. The summed E-state index contributed by atoms with van der Waals surface area (Å²) in [5.41, 5.74) is 4.33. The van der Waals surface area contributed by atoms with Gasteiger partial charge in [-0.05, 0) is 68.5 Å². The number of imide groups is 1. The molecule has 2 saturated heterocycles. The Morgan fingerprint density at radius 3 is 2.62 bits per heavy atom. The number of aliphatic hydroxyl groups excluding tert-OH is 1. The standard InChI is InChI=1S/C28H31NO5/c1-3-18(14-20-10-11-21(15-30)34-20)9-12-24-25-17(2)13-22-26(23(25)16-33-24)28(32)29(27(22)31)19-7-5-4-6-8-19/h4-8,10-11,14,22-24,26,30H,3,9,12-13,15-16H2,1-2H3/b18-14+/t22-,23+,24-,26-/m1/s1. The van der Waals surface area contributed by atoms with E-state index in [1.54, 1.807) is 6.07 Å². The number of carbonyl (C=O) groups is 2. The van der Waals surface area contributed by atoms with Crippen molar-refractivity contribution in [2.45, 2.75) is 52.2 Å². The van der Waals surface area contributed by atoms with E-state index in [0.29, 0.717) is 24.5 Å². The highest BCUT2D eigenvalue weighted by molar-refractivity contribution is 6.22. The highest BCUT2D eigenvalue weighted by Crippen LogP contribution is 2.50. The average Bonchev–Trinajstić information content (AvgIpc) is 3.54. The van der Waals surface area contributed by atoms with Gasteiger partial charge in [-0.15, -0.1) is 0 Å². The summed E-state index contributed by atoms with van der Waals surface area (Å²) < 4.78 is 11.9. The molecule has 6 heteroatoms. The quantitative estimate of drug-likeness (QED) is 0.469. The fourth-order valence-electron chi connectivity index (χ4n) is 5.89. The van der Waals surface area contributed by atoms with Crippen LogP contribution < -0.4 is 4.90 Å². The molecule has 2 amide bonds. The molecule has 1 aromatic heterocycles. The normalized spacial score (nSPS) is 26.9. The number of amides is 2. The van der Waals surface area contributed by atoms with E-state index in [-0.39, 0.29) is 42.3 Å². The fraction of sp³-hybridized carbons (Fsp3) is 0.429. The van der Waals surface area contributed by atoms with E-state index >= 15 is 0 Å². The average molecular weight is 462 g/mol. The second-order valence-corrected chi connectivity index (χ2v) is 9.50. The van der Waals surface area contributed by atoms with Gasteiger partial charge in [-0.3, -0.25) is 14.5 Å². The van der Waals surface area contributed by atoms with Crippen LogP contribution in [0.25, 0.3) is 6.08 Å². The molecule has 2 fully saturated rings. The Morgan fingerprint density at radius 2 is 1.91 bits per heavy atom. The Labute approximate surface area is 199 Å². The highest BCUT2D eigenvalue weighted by Gasteiger charge is 2.56. The zero-order valence-electron chi connectivity index (χ0n) is 19.7. The van der Waals surface area contributed by atoms with Crippen molar-refractivity contribution in [3.8, 4) is 0 Å². The molecular formula is C28H31NO5. The lowest BCUT2D eigenvalue weighted by Gasteiger charge is -2.30. The topological polar surface area (TPSA) is 80.0 Å². The number of hydrogen-bond acceptors (Lipinski definition) is 5. The molecule has 0 spiro atoms. The zero-order valence-corrected chi connectivity index (χ0v) is 19.7. The van der Waals surface area contributed by atoms with E-state index in [1.807, 2.05) is 42.5 Å². The maximum absolute atomic E-state index is 13.4. The molecular weight excluding hydrogens is 430 g/mol. The van der Waals surface area contributed by atoms with Gasteiger partial charge in [-0.25, -0.2) is 0 Å². The number of allylic oxidation sites excluding steroid dienone is 2. The van der Waals surface area contributed by atoms with E-state index in [0.717, 1.165) is 25.0 Å². The molecule has 6 nitrogen and oxygen atoms in total. The second kappa shape index (κ2) is 9.35. The molecule has 0 radical (unpaired) electrons. The van der Waals surface area contributed by atoms with Gasteiger partial charge in [0.25, 0.3) is 0 Å². The largest absolute Gasteiger partial charge is 0.459 e. The van der Waals surface area contributed by atoms with Crippen LogP contribution in [-0.4, -0.2) is 29.6 Å². The number of carbonyl (C=O) groups excluding carboxylic acids is 2. The third kappa shape index (κ3) is 3.95. The first-order chi connectivity index (χ1) is 16.5. The molecule has 178 valence electrons. The molecule has 0 bridgehead atoms. The lowest BCUT2D eigenvalue weighted by molar-refractivity contribution is -0.122. The number of rotatable bonds is 7. The van der Waals surface area contributed by atoms with Crippen molar-refractivity contribution < 1.29 is 23.8 Å². The number of fused-ring (bicyclic) bond motifs is 3. The molecule has 34 heavy (non-hydrogen) atoms. The molecule has 1 aliphatic carbocycles. The number of anilines is 1. The Balaban J connectivity index is 1.32. The molecule has 0 saturated carbocycles. The Kier molecular flexibility index (Phi) is 6.28. The van der Waals surface area contributed by atoms with Crippen LogP contribution in [0.3, 0.4) is 0 Å². The molecule has 1 aromatic carbocycles. The van der Waals surface area contributed by atoms with Crippen molar-refractivity contribution in [2.24, 2.45) is 17.8 Å². The Morgan fingerprint density at radius 1 is 1.12 bits per heavy atom. The van der Waals surface area contributed by atoms with Crippen LogP contribution >= 0.6 is 0 Å². The van der Waals surface area contributed by atoms with Crippen molar-refractivity contribution >= 4 is 23.6 Å². The SMILES string of the molecule is CC/C(=C\c1ccc(CO)o1)CC[C@H]1OC[C@H]2C1=C(C)C[C@H]1C(=O)N(c3ccccc3)C(=O)[C@H]12. The number of hydrogen-bond donors (Lipinski definition) is 1. The van der Waals surface area contributed by atoms with Gasteiger partial charge in [0.1, 0.15) is 18.1 Å². The number of ether oxygens (including phenoxy) is 1. The smallest absolute Gasteiger partial charge is 0.238 e. The van der Waals surface area contributed by atoms with Gasteiger partial charge in [0.05, 0.1) is 30.2 Å². The van der Waals surface area contributed by atoms with Crippen molar-refractivity contribution in [2.75, 3.05) is 11.5 Å². The van der Waals surface area contributed by atoms with Gasteiger partial charge in [-0.1, -0.05) is 36.3 Å². The molecule has 2 aliphatic heterocycles. The molecule has 2 aromatic rings. The molecule has 3 heterocycles. The Hall–Kier alpha value is -2.96. The minimum atomic E-state index is -0.336. The first-order valence-electron chi connectivity index (χ1n) is 12.1. The predicted octanol–water partition coefficient (Wildman–Crippen LogP) is 4.89. The summed E-state index contributed by atoms with van der Waals surface area (Å²) >= 11 is 0. The summed E-state index contributed by atoms with van der Waals surface area (Å²) in [6.07, 6.45) is 5.22. The summed E-state index contributed by atoms with van der Waals surface area (Å²) in [6, 6.07) is 12.9. The van der Waals surface area contributed by atoms with Gasteiger partial charge in [0.15, 0.2) is 0 Å². The number of para-hydroxylation sites is 1. The van der Waals surface area contributed by atoms with Crippen molar-refractivity contribution in [1.82, 2.24) is 0 Å². The second-order valence-electron chi connectivity index (χ2n) is 9.50. The minimum absolute atomic E-state index is 0.0276. The number of furan rings is 1. The van der Waals surface area contributed by atoms with Crippen LogP contribution in [0.4, 0.5) is 5.69 Å². The van der Waals surface area contributed by atoms with E-state index in [9.17, 15) is 14.7 Å². The third-order valence-electron chi connectivity index (χ3n) is 7.53.